The second kappa shape index (κ2) is 8.13. The minimum atomic E-state index is 0.856. The lowest BCUT2D eigenvalue weighted by atomic mass is 10.2. The molecule has 2 N–H and O–H groups in total. The van der Waals surface area contributed by atoms with Crippen molar-refractivity contribution in [2.75, 3.05) is 45.8 Å². The predicted octanol–water partition coefficient (Wildman–Crippen LogP) is 1.92. The maximum atomic E-state index is 5.53. The van der Waals surface area contributed by atoms with E-state index in [4.69, 9.17) is 5.73 Å². The van der Waals surface area contributed by atoms with Gasteiger partial charge in [-0.05, 0) is 64.3 Å². The number of hydrogen-bond acceptors (Lipinski definition) is 3. The van der Waals surface area contributed by atoms with Gasteiger partial charge in [-0.2, -0.15) is 0 Å². The average Bonchev–Trinajstić information content (AvgIpc) is 3.20. The van der Waals surface area contributed by atoms with E-state index in [-0.39, 0.29) is 0 Å². The molecule has 0 aromatic heterocycles. The van der Waals surface area contributed by atoms with Crippen LogP contribution >= 0.6 is 0 Å². The molecule has 1 saturated heterocycles. The van der Waals surface area contributed by atoms with Crippen LogP contribution in [-0.4, -0.2) is 55.6 Å². The Hall–Kier alpha value is -0.120. The standard InChI is InChI=1S/C15H31N3/c16-8-2-1-3-9-17-10-4-11-18(14-13-17)12-7-15-5-6-15/h15H,1-14,16H2. The highest BCUT2D eigenvalue weighted by molar-refractivity contribution is 4.76. The molecule has 3 heteroatoms. The summed E-state index contributed by atoms with van der Waals surface area (Å²) >= 11 is 0. The summed E-state index contributed by atoms with van der Waals surface area (Å²) in [6.07, 6.45) is 9.65. The van der Waals surface area contributed by atoms with Crippen LogP contribution in [0.4, 0.5) is 0 Å². The highest BCUT2D eigenvalue weighted by atomic mass is 15.2. The number of rotatable bonds is 8. The van der Waals surface area contributed by atoms with Crippen molar-refractivity contribution in [2.45, 2.75) is 44.9 Å². The largest absolute Gasteiger partial charge is 0.330 e. The molecule has 18 heavy (non-hydrogen) atoms. The van der Waals surface area contributed by atoms with Gasteiger partial charge >= 0.3 is 0 Å². The molecule has 2 rings (SSSR count). The van der Waals surface area contributed by atoms with E-state index in [0.29, 0.717) is 0 Å². The van der Waals surface area contributed by atoms with E-state index in [9.17, 15) is 0 Å². The Kier molecular flexibility index (Phi) is 6.46. The molecule has 1 aliphatic carbocycles. The zero-order valence-electron chi connectivity index (χ0n) is 11.9. The summed E-state index contributed by atoms with van der Waals surface area (Å²) in [5, 5.41) is 0. The maximum absolute atomic E-state index is 5.53. The normalized spacial score (nSPS) is 23.2. The van der Waals surface area contributed by atoms with Crippen molar-refractivity contribution in [3.05, 3.63) is 0 Å². The molecule has 1 heterocycles. The number of hydrogen-bond donors (Lipinski definition) is 1. The van der Waals surface area contributed by atoms with Crippen molar-refractivity contribution >= 4 is 0 Å². The Labute approximate surface area is 113 Å². The topological polar surface area (TPSA) is 32.5 Å². The Morgan fingerprint density at radius 1 is 0.833 bits per heavy atom. The average molecular weight is 253 g/mol. The van der Waals surface area contributed by atoms with E-state index in [1.54, 1.807) is 0 Å². The van der Waals surface area contributed by atoms with Gasteiger partial charge in [0.2, 0.25) is 0 Å². The first kappa shape index (κ1) is 14.3. The molecule has 2 fully saturated rings. The van der Waals surface area contributed by atoms with Crippen LogP contribution < -0.4 is 5.73 Å². The third-order valence-corrected chi connectivity index (χ3v) is 4.41. The zero-order chi connectivity index (χ0) is 12.6. The van der Waals surface area contributed by atoms with Gasteiger partial charge < -0.3 is 15.5 Å². The number of unbranched alkanes of at least 4 members (excludes halogenated alkanes) is 2. The molecule has 0 amide bonds. The van der Waals surface area contributed by atoms with Gasteiger partial charge in [0.1, 0.15) is 0 Å². The van der Waals surface area contributed by atoms with Gasteiger partial charge in [-0.3, -0.25) is 0 Å². The van der Waals surface area contributed by atoms with Crippen LogP contribution in [0.25, 0.3) is 0 Å². The number of nitrogens with two attached hydrogens (primary N) is 1. The molecule has 0 bridgehead atoms. The van der Waals surface area contributed by atoms with Gasteiger partial charge in [0.15, 0.2) is 0 Å². The fourth-order valence-corrected chi connectivity index (χ4v) is 2.90. The minimum Gasteiger partial charge on any atom is -0.330 e. The van der Waals surface area contributed by atoms with Gasteiger partial charge in [0.25, 0.3) is 0 Å². The van der Waals surface area contributed by atoms with Gasteiger partial charge in [-0.15, -0.1) is 0 Å². The van der Waals surface area contributed by atoms with Gasteiger partial charge in [0.05, 0.1) is 0 Å². The molecule has 0 atom stereocenters. The summed E-state index contributed by atoms with van der Waals surface area (Å²) in [7, 11) is 0. The van der Waals surface area contributed by atoms with E-state index < -0.39 is 0 Å². The monoisotopic (exact) mass is 253 g/mol. The molecular weight excluding hydrogens is 222 g/mol. The lowest BCUT2D eigenvalue weighted by Crippen LogP contribution is -2.32. The smallest absolute Gasteiger partial charge is 0.0109 e. The number of nitrogens with zero attached hydrogens (tertiary/aromatic N) is 2. The zero-order valence-corrected chi connectivity index (χ0v) is 11.9. The first-order chi connectivity index (χ1) is 8.88. The molecule has 1 aliphatic heterocycles. The molecule has 3 nitrogen and oxygen atoms in total. The van der Waals surface area contributed by atoms with Crippen molar-refractivity contribution in [2.24, 2.45) is 11.7 Å². The maximum Gasteiger partial charge on any atom is 0.0109 e. The van der Waals surface area contributed by atoms with E-state index in [2.05, 4.69) is 9.80 Å². The summed E-state index contributed by atoms with van der Waals surface area (Å²) in [4.78, 5) is 5.35. The Morgan fingerprint density at radius 3 is 2.22 bits per heavy atom. The molecule has 1 saturated carbocycles. The second-order valence-corrected chi connectivity index (χ2v) is 6.12. The highest BCUT2D eigenvalue weighted by Gasteiger charge is 2.22. The summed E-state index contributed by atoms with van der Waals surface area (Å²) in [5.41, 5.74) is 5.53. The second-order valence-electron chi connectivity index (χ2n) is 6.12. The quantitative estimate of drug-likeness (QED) is 0.671. The fraction of sp³-hybridized carbons (Fsp3) is 1.00. The summed E-state index contributed by atoms with van der Waals surface area (Å²) in [5.74, 6) is 1.08. The fourth-order valence-electron chi connectivity index (χ4n) is 2.90. The Balaban J connectivity index is 1.55. The lowest BCUT2D eigenvalue weighted by molar-refractivity contribution is 0.249. The van der Waals surface area contributed by atoms with Crippen molar-refractivity contribution in [1.82, 2.24) is 9.80 Å². The third-order valence-electron chi connectivity index (χ3n) is 4.41. The summed E-state index contributed by atoms with van der Waals surface area (Å²) in [6.45, 7) is 8.71. The highest BCUT2D eigenvalue weighted by Crippen LogP contribution is 2.32. The minimum absolute atomic E-state index is 0.856. The third kappa shape index (κ3) is 5.68. The van der Waals surface area contributed by atoms with Crippen LogP contribution in [0.2, 0.25) is 0 Å². The molecule has 0 unspecified atom stereocenters. The molecule has 0 aromatic carbocycles. The predicted molar refractivity (Wildman–Crippen MR) is 77.7 cm³/mol. The SMILES string of the molecule is NCCCCCN1CCCN(CCC2CC2)CC1. The van der Waals surface area contributed by atoms with Crippen LogP contribution in [0.3, 0.4) is 0 Å². The van der Waals surface area contributed by atoms with E-state index in [1.807, 2.05) is 0 Å². The van der Waals surface area contributed by atoms with Crippen LogP contribution in [-0.2, 0) is 0 Å². The van der Waals surface area contributed by atoms with Crippen molar-refractivity contribution in [3.8, 4) is 0 Å². The van der Waals surface area contributed by atoms with Crippen LogP contribution in [0.1, 0.15) is 44.9 Å². The van der Waals surface area contributed by atoms with E-state index >= 15 is 0 Å². The molecule has 106 valence electrons. The molecule has 0 spiro atoms. The van der Waals surface area contributed by atoms with Gasteiger partial charge in [-0.1, -0.05) is 19.3 Å². The van der Waals surface area contributed by atoms with Crippen molar-refractivity contribution < 1.29 is 0 Å². The molecule has 0 aromatic rings. The molecule has 2 aliphatic rings. The van der Waals surface area contributed by atoms with E-state index in [0.717, 1.165) is 12.5 Å². The summed E-state index contributed by atoms with van der Waals surface area (Å²) < 4.78 is 0. The molecular formula is C15H31N3. The van der Waals surface area contributed by atoms with Crippen LogP contribution in [0.5, 0.6) is 0 Å². The lowest BCUT2D eigenvalue weighted by Gasteiger charge is -2.21. The van der Waals surface area contributed by atoms with E-state index in [1.165, 1.54) is 84.2 Å². The van der Waals surface area contributed by atoms with Crippen LogP contribution in [0.15, 0.2) is 0 Å². The van der Waals surface area contributed by atoms with Crippen LogP contribution in [0, 0.1) is 5.92 Å². The van der Waals surface area contributed by atoms with Gasteiger partial charge in [0, 0.05) is 13.1 Å². The summed E-state index contributed by atoms with van der Waals surface area (Å²) in [6, 6.07) is 0. The first-order valence-corrected chi connectivity index (χ1v) is 8.03. The Bertz CT molecular complexity index is 216. The first-order valence-electron chi connectivity index (χ1n) is 8.03. The Morgan fingerprint density at radius 2 is 1.56 bits per heavy atom. The van der Waals surface area contributed by atoms with Gasteiger partial charge in [-0.25, -0.2) is 0 Å². The van der Waals surface area contributed by atoms with Crippen molar-refractivity contribution in [1.29, 1.82) is 0 Å². The van der Waals surface area contributed by atoms with Crippen molar-refractivity contribution in [3.63, 3.8) is 0 Å². The molecule has 0 radical (unpaired) electrons.